The van der Waals surface area contributed by atoms with Gasteiger partial charge in [0, 0.05) is 44.3 Å². The van der Waals surface area contributed by atoms with Crippen LogP contribution in [0.5, 0.6) is 0 Å². The fourth-order valence-corrected chi connectivity index (χ4v) is 5.13. The van der Waals surface area contributed by atoms with E-state index < -0.39 is 0 Å². The number of aromatic nitrogens is 1. The molecule has 1 aromatic heterocycles. The Balaban J connectivity index is 1.14. The zero-order chi connectivity index (χ0) is 22.5. The Morgan fingerprint density at radius 2 is 1.30 bits per heavy atom. The predicted octanol–water partition coefficient (Wildman–Crippen LogP) is 5.97. The first kappa shape index (κ1) is 21.9. The van der Waals surface area contributed by atoms with E-state index in [4.69, 9.17) is 0 Å². The van der Waals surface area contributed by atoms with Crippen molar-refractivity contribution in [2.24, 2.45) is 0 Å². The summed E-state index contributed by atoms with van der Waals surface area (Å²) in [6.45, 7) is 6.44. The van der Waals surface area contributed by atoms with Gasteiger partial charge in [-0.15, -0.1) is 0 Å². The minimum absolute atomic E-state index is 0.131. The van der Waals surface area contributed by atoms with Gasteiger partial charge in [0.1, 0.15) is 5.82 Å². The van der Waals surface area contributed by atoms with E-state index >= 15 is 0 Å². The van der Waals surface area contributed by atoms with Crippen molar-refractivity contribution < 1.29 is 4.39 Å². The van der Waals surface area contributed by atoms with Gasteiger partial charge in [0.2, 0.25) is 0 Å². The maximum atomic E-state index is 13.9. The molecule has 0 aliphatic carbocycles. The average Bonchev–Trinajstić information content (AvgIpc) is 3.29. The van der Waals surface area contributed by atoms with Gasteiger partial charge in [0.15, 0.2) is 0 Å². The molecule has 0 N–H and O–H groups in total. The third kappa shape index (κ3) is 5.02. The minimum Gasteiger partial charge on any atom is -0.347 e. The molecule has 3 nitrogen and oxygen atoms in total. The van der Waals surface area contributed by atoms with E-state index in [1.54, 1.807) is 6.07 Å². The zero-order valence-electron chi connectivity index (χ0n) is 19.1. The highest BCUT2D eigenvalue weighted by Gasteiger charge is 2.26. The van der Waals surface area contributed by atoms with Gasteiger partial charge in [-0.25, -0.2) is 4.39 Å². The summed E-state index contributed by atoms with van der Waals surface area (Å²) in [4.78, 5) is 5.22. The Morgan fingerprint density at radius 3 is 1.97 bits per heavy atom. The van der Waals surface area contributed by atoms with Crippen molar-refractivity contribution >= 4 is 10.9 Å². The van der Waals surface area contributed by atoms with Gasteiger partial charge in [-0.2, -0.15) is 0 Å². The van der Waals surface area contributed by atoms with Crippen molar-refractivity contribution in [3.63, 3.8) is 0 Å². The molecule has 4 heteroatoms. The lowest BCUT2D eigenvalue weighted by Gasteiger charge is -2.40. The van der Waals surface area contributed by atoms with Gasteiger partial charge >= 0.3 is 0 Å². The number of piperazine rings is 1. The van der Waals surface area contributed by atoms with E-state index in [1.807, 2.05) is 18.3 Å². The second-order valence-electron chi connectivity index (χ2n) is 8.99. The van der Waals surface area contributed by atoms with E-state index in [0.29, 0.717) is 6.04 Å². The fraction of sp³-hybridized carbons (Fsp3) is 0.310. The molecule has 0 saturated carbocycles. The molecule has 33 heavy (non-hydrogen) atoms. The predicted molar refractivity (Wildman–Crippen MR) is 134 cm³/mol. The number of aryl methyl sites for hydroxylation is 1. The Morgan fingerprint density at radius 1 is 0.667 bits per heavy atom. The van der Waals surface area contributed by atoms with E-state index in [9.17, 15) is 4.39 Å². The summed E-state index contributed by atoms with van der Waals surface area (Å²) in [6, 6.07) is 29.3. The van der Waals surface area contributed by atoms with Crippen LogP contribution in [0.4, 0.5) is 4.39 Å². The molecule has 1 fully saturated rings. The molecule has 4 aromatic rings. The number of hydrogen-bond acceptors (Lipinski definition) is 2. The third-order valence-corrected chi connectivity index (χ3v) is 6.89. The lowest BCUT2D eigenvalue weighted by molar-refractivity contribution is 0.108. The third-order valence-electron chi connectivity index (χ3n) is 6.89. The lowest BCUT2D eigenvalue weighted by Crippen LogP contribution is -2.48. The molecule has 1 saturated heterocycles. The van der Waals surface area contributed by atoms with Crippen LogP contribution in [0.3, 0.4) is 0 Å². The fourth-order valence-electron chi connectivity index (χ4n) is 5.13. The quantitative estimate of drug-likeness (QED) is 0.312. The molecule has 0 radical (unpaired) electrons. The molecular weight excluding hydrogens is 409 g/mol. The number of fused-ring (bicyclic) bond motifs is 1. The SMILES string of the molecule is Fc1cccc2c1ccn2CCCCN1CCN(C(c2ccccc2)c2ccccc2)CC1. The second kappa shape index (κ2) is 10.3. The molecule has 0 unspecified atom stereocenters. The summed E-state index contributed by atoms with van der Waals surface area (Å²) in [7, 11) is 0. The normalized spacial score (nSPS) is 15.5. The first-order valence-electron chi connectivity index (χ1n) is 12.1. The topological polar surface area (TPSA) is 11.4 Å². The molecule has 5 rings (SSSR count). The highest BCUT2D eigenvalue weighted by molar-refractivity contribution is 5.80. The second-order valence-corrected chi connectivity index (χ2v) is 8.99. The summed E-state index contributed by atoms with van der Waals surface area (Å²) in [6.07, 6.45) is 4.28. The monoisotopic (exact) mass is 441 g/mol. The molecule has 1 aliphatic heterocycles. The van der Waals surface area contributed by atoms with Gasteiger partial charge in [0.05, 0.1) is 11.6 Å². The Kier molecular flexibility index (Phi) is 6.84. The maximum Gasteiger partial charge on any atom is 0.132 e. The minimum atomic E-state index is -0.131. The van der Waals surface area contributed by atoms with Crippen molar-refractivity contribution in [3.05, 3.63) is 108 Å². The van der Waals surface area contributed by atoms with Crippen molar-refractivity contribution in [2.75, 3.05) is 32.7 Å². The molecule has 2 heterocycles. The Bertz CT molecular complexity index is 1110. The smallest absolute Gasteiger partial charge is 0.132 e. The van der Waals surface area contributed by atoms with Crippen LogP contribution in [0.1, 0.15) is 30.0 Å². The first-order chi connectivity index (χ1) is 16.3. The van der Waals surface area contributed by atoms with Crippen molar-refractivity contribution in [3.8, 4) is 0 Å². The molecule has 0 atom stereocenters. The number of halogens is 1. The van der Waals surface area contributed by atoms with Gasteiger partial charge in [-0.3, -0.25) is 4.90 Å². The summed E-state index contributed by atoms with van der Waals surface area (Å²) >= 11 is 0. The lowest BCUT2D eigenvalue weighted by atomic mass is 9.96. The van der Waals surface area contributed by atoms with Crippen LogP contribution in [0.2, 0.25) is 0 Å². The summed E-state index contributed by atoms with van der Waals surface area (Å²) in [5, 5.41) is 0.722. The average molecular weight is 442 g/mol. The molecule has 1 aliphatic rings. The maximum absolute atomic E-state index is 13.9. The van der Waals surface area contributed by atoms with Crippen LogP contribution in [0.25, 0.3) is 10.9 Å². The molecule has 0 amide bonds. The highest BCUT2D eigenvalue weighted by Crippen LogP contribution is 2.29. The summed E-state index contributed by atoms with van der Waals surface area (Å²) in [5.41, 5.74) is 3.73. The van der Waals surface area contributed by atoms with Gasteiger partial charge in [-0.1, -0.05) is 66.7 Å². The van der Waals surface area contributed by atoms with Crippen LogP contribution < -0.4 is 0 Å². The number of rotatable bonds is 8. The van der Waals surface area contributed by atoms with E-state index in [-0.39, 0.29) is 5.82 Å². The van der Waals surface area contributed by atoms with Crippen LogP contribution in [0, 0.1) is 5.82 Å². The largest absolute Gasteiger partial charge is 0.347 e. The number of unbranched alkanes of at least 4 members (excludes halogenated alkanes) is 1. The standard InChI is InChI=1S/C29H32FN3/c30-27-14-9-15-28-26(27)16-19-32(28)18-8-7-17-31-20-22-33(23-21-31)29(24-10-3-1-4-11-24)25-12-5-2-6-13-25/h1-6,9-16,19,29H,7-8,17-18,20-23H2. The van der Waals surface area contributed by atoms with Gasteiger partial charge < -0.3 is 9.47 Å². The highest BCUT2D eigenvalue weighted by atomic mass is 19.1. The molecule has 170 valence electrons. The van der Waals surface area contributed by atoms with Crippen molar-refractivity contribution in [2.45, 2.75) is 25.4 Å². The van der Waals surface area contributed by atoms with Crippen LogP contribution in [-0.4, -0.2) is 47.1 Å². The molecule has 3 aromatic carbocycles. The van der Waals surface area contributed by atoms with Gasteiger partial charge in [0.25, 0.3) is 0 Å². The summed E-state index contributed by atoms with van der Waals surface area (Å²) in [5.74, 6) is -0.131. The van der Waals surface area contributed by atoms with Crippen LogP contribution >= 0.6 is 0 Å². The van der Waals surface area contributed by atoms with Crippen LogP contribution in [-0.2, 0) is 6.54 Å². The number of nitrogens with zero attached hydrogens (tertiary/aromatic N) is 3. The van der Waals surface area contributed by atoms with Crippen molar-refractivity contribution in [1.29, 1.82) is 0 Å². The van der Waals surface area contributed by atoms with Crippen molar-refractivity contribution in [1.82, 2.24) is 14.4 Å². The zero-order valence-corrected chi connectivity index (χ0v) is 19.1. The molecular formula is C29H32FN3. The molecule has 0 spiro atoms. The van der Waals surface area contributed by atoms with Gasteiger partial charge in [-0.05, 0) is 48.7 Å². The Labute approximate surface area is 196 Å². The van der Waals surface area contributed by atoms with Crippen LogP contribution in [0.15, 0.2) is 91.1 Å². The van der Waals surface area contributed by atoms with E-state index in [2.05, 4.69) is 75.0 Å². The Hall–Kier alpha value is -2.95. The first-order valence-corrected chi connectivity index (χ1v) is 12.1. The molecule has 0 bridgehead atoms. The number of hydrogen-bond donors (Lipinski definition) is 0. The number of benzene rings is 3. The summed E-state index contributed by atoms with van der Waals surface area (Å²) < 4.78 is 16.1. The van der Waals surface area contributed by atoms with E-state index in [1.165, 1.54) is 17.2 Å². The van der Waals surface area contributed by atoms with E-state index in [0.717, 1.165) is 63.0 Å².